The highest BCUT2D eigenvalue weighted by Crippen LogP contribution is 2.40. The minimum atomic E-state index is -0.568. The van der Waals surface area contributed by atoms with E-state index in [4.69, 9.17) is 10.3 Å². The van der Waals surface area contributed by atoms with Gasteiger partial charge in [-0.1, -0.05) is 23.4 Å². The summed E-state index contributed by atoms with van der Waals surface area (Å²) in [4.78, 5) is 28.1. The molecule has 0 saturated heterocycles. The van der Waals surface area contributed by atoms with E-state index < -0.39 is 5.91 Å². The number of primary amides is 1. The van der Waals surface area contributed by atoms with E-state index in [0.717, 1.165) is 18.4 Å². The van der Waals surface area contributed by atoms with Crippen LogP contribution in [0.15, 0.2) is 53.3 Å². The second-order valence-electron chi connectivity index (χ2n) is 6.14. The lowest BCUT2D eigenvalue weighted by Gasteiger charge is -2.09. The van der Waals surface area contributed by atoms with Gasteiger partial charge in [0.15, 0.2) is 0 Å². The number of pyridine rings is 1. The monoisotopic (exact) mass is 348 g/mol. The predicted molar refractivity (Wildman–Crippen MR) is 95.0 cm³/mol. The number of carbonyl (C=O) groups is 2. The third-order valence-corrected chi connectivity index (χ3v) is 4.29. The molecule has 7 nitrogen and oxygen atoms in total. The lowest BCUT2D eigenvalue weighted by atomic mass is 9.96. The van der Waals surface area contributed by atoms with E-state index in [2.05, 4.69) is 15.5 Å². The summed E-state index contributed by atoms with van der Waals surface area (Å²) in [6.07, 6.45) is 5.00. The highest BCUT2D eigenvalue weighted by atomic mass is 16.5. The van der Waals surface area contributed by atoms with Gasteiger partial charge >= 0.3 is 0 Å². The highest BCUT2D eigenvalue weighted by molar-refractivity contribution is 6.05. The molecule has 0 bridgehead atoms. The van der Waals surface area contributed by atoms with Gasteiger partial charge in [-0.15, -0.1) is 0 Å². The zero-order valence-corrected chi connectivity index (χ0v) is 13.8. The largest absolute Gasteiger partial charge is 0.366 e. The van der Waals surface area contributed by atoms with Crippen LogP contribution in [-0.2, 0) is 4.79 Å². The SMILES string of the molecule is NC(=O)c1ccccc1-c1c(-c2ccncc2)noc1NC(=O)C1CC1. The van der Waals surface area contributed by atoms with Gasteiger partial charge < -0.3 is 10.3 Å². The Hall–Kier alpha value is -3.48. The van der Waals surface area contributed by atoms with Crippen LogP contribution in [0.3, 0.4) is 0 Å². The molecular formula is C19H16N4O3. The van der Waals surface area contributed by atoms with Crippen molar-refractivity contribution < 1.29 is 14.1 Å². The molecule has 3 aromatic rings. The number of aromatic nitrogens is 2. The minimum Gasteiger partial charge on any atom is -0.366 e. The number of amides is 2. The molecule has 4 rings (SSSR count). The van der Waals surface area contributed by atoms with Crippen LogP contribution in [0.25, 0.3) is 22.4 Å². The number of rotatable bonds is 5. The Bertz CT molecular complexity index is 977. The van der Waals surface area contributed by atoms with Gasteiger partial charge in [-0.2, -0.15) is 0 Å². The first-order valence-corrected chi connectivity index (χ1v) is 8.25. The fourth-order valence-electron chi connectivity index (χ4n) is 2.81. The Morgan fingerprint density at radius 2 is 1.85 bits per heavy atom. The lowest BCUT2D eigenvalue weighted by Crippen LogP contribution is -2.15. The van der Waals surface area contributed by atoms with E-state index in [-0.39, 0.29) is 17.7 Å². The summed E-state index contributed by atoms with van der Waals surface area (Å²) in [5.41, 5.74) is 8.20. The molecule has 130 valence electrons. The zero-order chi connectivity index (χ0) is 18.1. The predicted octanol–water partition coefficient (Wildman–Crippen LogP) is 2.85. The normalized spacial score (nSPS) is 13.4. The smallest absolute Gasteiger partial charge is 0.249 e. The minimum absolute atomic E-state index is 0.00343. The van der Waals surface area contributed by atoms with E-state index >= 15 is 0 Å². The summed E-state index contributed by atoms with van der Waals surface area (Å²) in [7, 11) is 0. The average Bonchev–Trinajstić information content (AvgIpc) is 3.44. The summed E-state index contributed by atoms with van der Waals surface area (Å²) in [5.74, 6) is -0.465. The number of nitrogens with zero attached hydrogens (tertiary/aromatic N) is 2. The Kier molecular flexibility index (Phi) is 3.96. The topological polar surface area (TPSA) is 111 Å². The number of carbonyl (C=O) groups excluding carboxylic acids is 2. The van der Waals surface area contributed by atoms with Gasteiger partial charge in [-0.3, -0.25) is 19.9 Å². The van der Waals surface area contributed by atoms with Crippen molar-refractivity contribution in [1.29, 1.82) is 0 Å². The molecule has 3 N–H and O–H groups in total. The van der Waals surface area contributed by atoms with Crippen molar-refractivity contribution >= 4 is 17.7 Å². The van der Waals surface area contributed by atoms with Crippen LogP contribution in [-0.4, -0.2) is 22.0 Å². The quantitative estimate of drug-likeness (QED) is 0.736. The maximum absolute atomic E-state index is 12.2. The van der Waals surface area contributed by atoms with Crippen molar-refractivity contribution in [1.82, 2.24) is 10.1 Å². The maximum atomic E-state index is 12.2. The Labute approximate surface area is 149 Å². The van der Waals surface area contributed by atoms with Gasteiger partial charge in [-0.05, 0) is 31.0 Å². The first kappa shape index (κ1) is 16.0. The van der Waals surface area contributed by atoms with Crippen molar-refractivity contribution in [2.75, 3.05) is 5.32 Å². The molecule has 26 heavy (non-hydrogen) atoms. The summed E-state index contributed by atoms with van der Waals surface area (Å²) < 4.78 is 5.43. The van der Waals surface area contributed by atoms with Crippen LogP contribution in [0.5, 0.6) is 0 Å². The summed E-state index contributed by atoms with van der Waals surface area (Å²) >= 11 is 0. The molecule has 7 heteroatoms. The summed E-state index contributed by atoms with van der Waals surface area (Å²) in [6, 6.07) is 10.5. The van der Waals surface area contributed by atoms with Crippen molar-refractivity contribution in [3.8, 4) is 22.4 Å². The van der Waals surface area contributed by atoms with Crippen LogP contribution >= 0.6 is 0 Å². The molecule has 2 amide bonds. The molecule has 1 aliphatic rings. The molecule has 1 fully saturated rings. The number of nitrogens with two attached hydrogens (primary N) is 1. The van der Waals surface area contributed by atoms with Crippen molar-refractivity contribution in [2.24, 2.45) is 11.7 Å². The fraction of sp³-hybridized carbons (Fsp3) is 0.158. The Balaban J connectivity index is 1.88. The Morgan fingerprint density at radius 1 is 1.12 bits per heavy atom. The second-order valence-corrected chi connectivity index (χ2v) is 6.14. The average molecular weight is 348 g/mol. The van der Waals surface area contributed by atoms with Gasteiger partial charge in [-0.25, -0.2) is 0 Å². The molecule has 0 atom stereocenters. The third-order valence-electron chi connectivity index (χ3n) is 4.29. The maximum Gasteiger partial charge on any atom is 0.249 e. The molecule has 1 saturated carbocycles. The summed E-state index contributed by atoms with van der Waals surface area (Å²) in [6.45, 7) is 0. The standard InChI is InChI=1S/C19H16N4O3/c20-17(24)14-4-2-1-3-13(14)15-16(11-7-9-21-10-8-11)23-26-19(15)22-18(25)12-5-6-12/h1-4,7-10,12H,5-6H2,(H2,20,24)(H,22,25). The molecule has 2 aromatic heterocycles. The van der Waals surface area contributed by atoms with E-state index in [1.807, 2.05) is 0 Å². The molecule has 0 aliphatic heterocycles. The number of hydrogen-bond acceptors (Lipinski definition) is 5. The molecule has 0 unspecified atom stereocenters. The van der Waals surface area contributed by atoms with Crippen molar-refractivity contribution in [3.63, 3.8) is 0 Å². The van der Waals surface area contributed by atoms with E-state index in [0.29, 0.717) is 22.4 Å². The van der Waals surface area contributed by atoms with Crippen molar-refractivity contribution in [2.45, 2.75) is 12.8 Å². The van der Waals surface area contributed by atoms with E-state index in [1.165, 1.54) is 0 Å². The number of anilines is 1. The molecule has 0 spiro atoms. The van der Waals surface area contributed by atoms with Crippen LogP contribution < -0.4 is 11.1 Å². The van der Waals surface area contributed by atoms with E-state index in [1.54, 1.807) is 48.8 Å². The zero-order valence-electron chi connectivity index (χ0n) is 13.8. The van der Waals surface area contributed by atoms with Gasteiger partial charge in [0.1, 0.15) is 5.69 Å². The molecule has 2 heterocycles. The fourth-order valence-corrected chi connectivity index (χ4v) is 2.81. The highest BCUT2D eigenvalue weighted by Gasteiger charge is 2.32. The van der Waals surface area contributed by atoms with Gasteiger partial charge in [0, 0.05) is 35.0 Å². The van der Waals surface area contributed by atoms with Gasteiger partial charge in [0.25, 0.3) is 0 Å². The second kappa shape index (κ2) is 6.44. The molecule has 1 aromatic carbocycles. The van der Waals surface area contributed by atoms with Crippen LogP contribution in [0.4, 0.5) is 5.88 Å². The Morgan fingerprint density at radius 3 is 2.54 bits per heavy atom. The molecular weight excluding hydrogens is 332 g/mol. The van der Waals surface area contributed by atoms with Crippen molar-refractivity contribution in [3.05, 3.63) is 54.4 Å². The first-order valence-electron chi connectivity index (χ1n) is 8.25. The lowest BCUT2D eigenvalue weighted by molar-refractivity contribution is -0.117. The van der Waals surface area contributed by atoms with Crippen LogP contribution in [0, 0.1) is 5.92 Å². The van der Waals surface area contributed by atoms with Gasteiger partial charge in [0.2, 0.25) is 17.7 Å². The van der Waals surface area contributed by atoms with Crippen LogP contribution in [0.1, 0.15) is 23.2 Å². The number of nitrogens with one attached hydrogen (secondary N) is 1. The van der Waals surface area contributed by atoms with E-state index in [9.17, 15) is 9.59 Å². The van der Waals surface area contributed by atoms with Crippen LogP contribution in [0.2, 0.25) is 0 Å². The number of benzene rings is 1. The first-order chi connectivity index (χ1) is 12.6. The number of hydrogen-bond donors (Lipinski definition) is 2. The molecule has 1 aliphatic carbocycles. The summed E-state index contributed by atoms with van der Waals surface area (Å²) in [5, 5.41) is 6.92. The molecule has 0 radical (unpaired) electrons. The third kappa shape index (κ3) is 2.95. The van der Waals surface area contributed by atoms with Gasteiger partial charge in [0.05, 0.1) is 5.56 Å².